The van der Waals surface area contributed by atoms with Crippen molar-refractivity contribution in [2.24, 2.45) is 0 Å². The standard InChI is InChI=1S/C24H30ClN3O3S.ClH/c1-26(15-12-18-8-3-4-10-21(18)25)13-6-5-11-23(29)20-16-19-9-7-14-28-24(19)22(17-20)27(2)32(28,30)31;/h3-4,8,10,16-17H,5-7,9,11-15H2,1-2H3;1H. The van der Waals surface area contributed by atoms with Gasteiger partial charge in [-0.15, -0.1) is 12.4 Å². The van der Waals surface area contributed by atoms with Gasteiger partial charge in [-0.2, -0.15) is 8.42 Å². The van der Waals surface area contributed by atoms with Gasteiger partial charge in [0.05, 0.1) is 11.4 Å². The van der Waals surface area contributed by atoms with E-state index in [-0.39, 0.29) is 18.2 Å². The third kappa shape index (κ3) is 5.32. The first-order valence-corrected chi connectivity index (χ1v) is 12.9. The van der Waals surface area contributed by atoms with Gasteiger partial charge in [0.1, 0.15) is 0 Å². The van der Waals surface area contributed by atoms with Gasteiger partial charge < -0.3 is 4.90 Å². The molecule has 0 saturated heterocycles. The predicted molar refractivity (Wildman–Crippen MR) is 138 cm³/mol. The van der Waals surface area contributed by atoms with Gasteiger partial charge >= 0.3 is 10.2 Å². The van der Waals surface area contributed by atoms with E-state index in [1.54, 1.807) is 13.1 Å². The minimum Gasteiger partial charge on any atom is -0.306 e. The van der Waals surface area contributed by atoms with Crippen LogP contribution in [0.1, 0.15) is 47.2 Å². The van der Waals surface area contributed by atoms with E-state index >= 15 is 0 Å². The van der Waals surface area contributed by atoms with Crippen molar-refractivity contribution in [3.05, 3.63) is 58.1 Å². The first-order valence-electron chi connectivity index (χ1n) is 11.2. The molecule has 4 rings (SSSR count). The van der Waals surface area contributed by atoms with Crippen molar-refractivity contribution in [1.29, 1.82) is 0 Å². The summed E-state index contributed by atoms with van der Waals surface area (Å²) < 4.78 is 28.1. The van der Waals surface area contributed by atoms with Crippen molar-refractivity contribution in [1.82, 2.24) is 4.90 Å². The Morgan fingerprint density at radius 3 is 2.67 bits per heavy atom. The Kier molecular flexibility index (Phi) is 8.32. The lowest BCUT2D eigenvalue weighted by molar-refractivity contribution is 0.0978. The summed E-state index contributed by atoms with van der Waals surface area (Å²) in [5.74, 6) is 0.0811. The lowest BCUT2D eigenvalue weighted by atomic mass is 9.96. The Balaban J connectivity index is 0.00000306. The van der Waals surface area contributed by atoms with Crippen molar-refractivity contribution in [2.45, 2.75) is 38.5 Å². The molecular formula is C24H31Cl2N3O3S. The van der Waals surface area contributed by atoms with Crippen LogP contribution >= 0.6 is 24.0 Å². The van der Waals surface area contributed by atoms with Crippen LogP contribution in [-0.4, -0.2) is 52.8 Å². The van der Waals surface area contributed by atoms with Crippen LogP contribution in [0.3, 0.4) is 0 Å². The minimum atomic E-state index is -3.51. The van der Waals surface area contributed by atoms with E-state index < -0.39 is 10.2 Å². The summed E-state index contributed by atoms with van der Waals surface area (Å²) in [6.45, 7) is 2.34. The number of likely N-dealkylation sites (N-methyl/N-ethyl adjacent to an activating group) is 1. The molecular weight excluding hydrogens is 481 g/mol. The SMILES string of the molecule is CN(CCCCC(=O)c1cc2c3c(c1)N(C)S(=O)(=O)N3CCC2)CCc1ccccc1Cl.Cl. The van der Waals surface area contributed by atoms with Crippen molar-refractivity contribution < 1.29 is 13.2 Å². The fourth-order valence-electron chi connectivity index (χ4n) is 4.52. The highest BCUT2D eigenvalue weighted by Crippen LogP contribution is 2.46. The van der Waals surface area contributed by atoms with E-state index in [2.05, 4.69) is 18.0 Å². The molecule has 0 unspecified atom stereocenters. The number of nitrogens with zero attached hydrogens (tertiary/aromatic N) is 3. The largest absolute Gasteiger partial charge is 0.326 e. The molecule has 6 nitrogen and oxygen atoms in total. The van der Waals surface area contributed by atoms with Gasteiger partial charge in [0.15, 0.2) is 5.78 Å². The molecule has 0 amide bonds. The van der Waals surface area contributed by atoms with Crippen molar-refractivity contribution in [3.63, 3.8) is 0 Å². The van der Waals surface area contributed by atoms with Crippen LogP contribution in [0, 0.1) is 0 Å². The number of aryl methyl sites for hydroxylation is 1. The summed E-state index contributed by atoms with van der Waals surface area (Å²) >= 11 is 6.23. The first kappa shape index (κ1) is 25.8. The molecule has 2 aromatic carbocycles. The molecule has 0 aromatic heterocycles. The Morgan fingerprint density at radius 2 is 1.91 bits per heavy atom. The molecule has 0 spiro atoms. The Bertz CT molecular complexity index is 1120. The van der Waals surface area contributed by atoms with Crippen LogP contribution in [0.2, 0.25) is 5.02 Å². The lowest BCUT2D eigenvalue weighted by Gasteiger charge is -2.24. The third-order valence-corrected chi connectivity index (χ3v) is 8.61. The summed E-state index contributed by atoms with van der Waals surface area (Å²) in [6.07, 6.45) is 4.70. The summed E-state index contributed by atoms with van der Waals surface area (Å²) in [4.78, 5) is 15.1. The topological polar surface area (TPSA) is 60.9 Å². The third-order valence-electron chi connectivity index (χ3n) is 6.43. The number of rotatable bonds is 9. The number of unbranched alkanes of at least 4 members (excludes halogenated alkanes) is 1. The fourth-order valence-corrected chi connectivity index (χ4v) is 6.24. The van der Waals surface area contributed by atoms with Crippen LogP contribution in [0.5, 0.6) is 0 Å². The molecule has 2 aliphatic rings. The molecule has 2 heterocycles. The molecule has 180 valence electrons. The molecule has 33 heavy (non-hydrogen) atoms. The number of Topliss-reactive ketones (excluding diaryl/α,β-unsaturated/α-hetero) is 1. The van der Waals surface area contributed by atoms with E-state index in [9.17, 15) is 13.2 Å². The average Bonchev–Trinajstić information content (AvgIpc) is 2.98. The van der Waals surface area contributed by atoms with E-state index in [1.165, 1.54) is 8.61 Å². The summed E-state index contributed by atoms with van der Waals surface area (Å²) in [6, 6.07) is 11.6. The molecule has 2 aromatic rings. The molecule has 0 radical (unpaired) electrons. The summed E-state index contributed by atoms with van der Waals surface area (Å²) in [5, 5.41) is 0.807. The molecule has 0 atom stereocenters. The van der Waals surface area contributed by atoms with Crippen molar-refractivity contribution >= 4 is 51.4 Å². The zero-order valence-corrected chi connectivity index (χ0v) is 21.5. The number of carbonyl (C=O) groups excluding carboxylic acids is 1. The molecule has 2 aliphatic heterocycles. The maximum absolute atomic E-state index is 12.9. The number of benzene rings is 2. The molecule has 0 bridgehead atoms. The Morgan fingerprint density at radius 1 is 1.15 bits per heavy atom. The van der Waals surface area contributed by atoms with Gasteiger partial charge in [0.25, 0.3) is 0 Å². The number of hydrogen-bond acceptors (Lipinski definition) is 4. The molecule has 0 saturated carbocycles. The second kappa shape index (κ2) is 10.6. The lowest BCUT2D eigenvalue weighted by Crippen LogP contribution is -2.37. The fraction of sp³-hybridized carbons (Fsp3) is 0.458. The minimum absolute atomic E-state index is 0. The van der Waals surface area contributed by atoms with E-state index in [4.69, 9.17) is 11.6 Å². The normalized spacial score (nSPS) is 16.0. The van der Waals surface area contributed by atoms with Gasteiger partial charge in [-0.1, -0.05) is 29.8 Å². The van der Waals surface area contributed by atoms with Gasteiger partial charge in [-0.3, -0.25) is 13.4 Å². The maximum atomic E-state index is 12.9. The van der Waals surface area contributed by atoms with E-state index in [1.807, 2.05) is 24.3 Å². The monoisotopic (exact) mass is 511 g/mol. The van der Waals surface area contributed by atoms with Gasteiger partial charge in [-0.25, -0.2) is 0 Å². The first-order chi connectivity index (χ1) is 15.3. The van der Waals surface area contributed by atoms with Gasteiger partial charge in [-0.05, 0) is 75.0 Å². The summed E-state index contributed by atoms with van der Waals surface area (Å²) in [7, 11) is 0.149. The molecule has 0 fully saturated rings. The van der Waals surface area contributed by atoms with Gasteiger partial charge in [0.2, 0.25) is 0 Å². The van der Waals surface area contributed by atoms with Gasteiger partial charge in [0, 0.05) is 37.1 Å². The number of carbonyl (C=O) groups is 1. The Hall–Kier alpha value is -1.80. The number of hydrogen-bond donors (Lipinski definition) is 0. The van der Waals surface area contributed by atoms with Crippen molar-refractivity contribution in [3.8, 4) is 0 Å². The van der Waals surface area contributed by atoms with Crippen LogP contribution in [0.15, 0.2) is 36.4 Å². The van der Waals surface area contributed by atoms with E-state index in [0.29, 0.717) is 24.2 Å². The summed E-state index contributed by atoms with van der Waals surface area (Å²) in [5.41, 5.74) is 4.13. The zero-order chi connectivity index (χ0) is 22.9. The van der Waals surface area contributed by atoms with Crippen molar-refractivity contribution in [2.75, 3.05) is 42.3 Å². The highest BCUT2D eigenvalue weighted by molar-refractivity contribution is 7.94. The average molecular weight is 513 g/mol. The second-order valence-corrected chi connectivity index (χ2v) is 11.0. The van der Waals surface area contributed by atoms with Crippen LogP contribution in [0.25, 0.3) is 0 Å². The Labute approximate surface area is 208 Å². The number of anilines is 2. The number of ketones is 1. The second-order valence-electron chi connectivity index (χ2n) is 8.68. The van der Waals surface area contributed by atoms with E-state index in [0.717, 1.165) is 67.0 Å². The van der Waals surface area contributed by atoms with Crippen LogP contribution in [0.4, 0.5) is 11.4 Å². The smallest absolute Gasteiger partial charge is 0.306 e. The van der Waals surface area contributed by atoms with Crippen LogP contribution < -0.4 is 8.61 Å². The molecule has 0 aliphatic carbocycles. The quantitative estimate of drug-likeness (QED) is 0.360. The zero-order valence-electron chi connectivity index (χ0n) is 19.1. The highest BCUT2D eigenvalue weighted by atomic mass is 35.5. The molecule has 0 N–H and O–H groups in total. The highest BCUT2D eigenvalue weighted by Gasteiger charge is 2.41. The molecule has 9 heteroatoms. The predicted octanol–water partition coefficient (Wildman–Crippen LogP) is 4.74. The van der Waals surface area contributed by atoms with Crippen LogP contribution in [-0.2, 0) is 23.1 Å². The maximum Gasteiger partial charge on any atom is 0.326 e. The number of halogens is 2.